The SMILES string of the molecule is CCCn1ncc(Cl)c1C(N)c1cccc(S(C)(=O)=O)c1. The normalized spacial score (nSPS) is 13.3. The number of aryl methyl sites for hydroxylation is 1. The number of aromatic nitrogens is 2. The molecular weight excluding hydrogens is 310 g/mol. The quantitative estimate of drug-likeness (QED) is 0.914. The molecule has 0 spiro atoms. The summed E-state index contributed by atoms with van der Waals surface area (Å²) in [6.45, 7) is 2.75. The van der Waals surface area contributed by atoms with Crippen LogP contribution in [0.2, 0.25) is 5.02 Å². The number of nitrogens with zero attached hydrogens (tertiary/aromatic N) is 2. The van der Waals surface area contributed by atoms with E-state index >= 15 is 0 Å². The summed E-state index contributed by atoms with van der Waals surface area (Å²) >= 11 is 6.17. The van der Waals surface area contributed by atoms with E-state index in [1.807, 2.05) is 6.92 Å². The Morgan fingerprint density at radius 1 is 1.43 bits per heavy atom. The summed E-state index contributed by atoms with van der Waals surface area (Å²) in [7, 11) is -3.27. The third kappa shape index (κ3) is 3.45. The monoisotopic (exact) mass is 327 g/mol. The fourth-order valence-electron chi connectivity index (χ4n) is 2.17. The van der Waals surface area contributed by atoms with Crippen LogP contribution in [0.25, 0.3) is 0 Å². The Hall–Kier alpha value is -1.37. The minimum absolute atomic E-state index is 0.244. The molecule has 0 radical (unpaired) electrons. The topological polar surface area (TPSA) is 78.0 Å². The first-order valence-electron chi connectivity index (χ1n) is 6.61. The Morgan fingerprint density at radius 3 is 2.76 bits per heavy atom. The first-order valence-corrected chi connectivity index (χ1v) is 8.88. The molecule has 0 saturated heterocycles. The van der Waals surface area contributed by atoms with Gasteiger partial charge < -0.3 is 5.73 Å². The molecule has 1 aromatic heterocycles. The highest BCUT2D eigenvalue weighted by molar-refractivity contribution is 7.90. The lowest BCUT2D eigenvalue weighted by molar-refractivity contribution is 0.559. The number of nitrogens with two attached hydrogens (primary N) is 1. The molecule has 1 unspecified atom stereocenters. The van der Waals surface area contributed by atoms with E-state index in [-0.39, 0.29) is 4.90 Å². The summed E-state index contributed by atoms with van der Waals surface area (Å²) in [6.07, 6.45) is 3.64. The van der Waals surface area contributed by atoms with Crippen molar-refractivity contribution in [2.24, 2.45) is 5.73 Å². The fourth-order valence-corrected chi connectivity index (χ4v) is 3.10. The van der Waals surface area contributed by atoms with E-state index < -0.39 is 15.9 Å². The van der Waals surface area contributed by atoms with Crippen molar-refractivity contribution in [3.05, 3.63) is 46.7 Å². The van der Waals surface area contributed by atoms with E-state index in [9.17, 15) is 8.42 Å². The van der Waals surface area contributed by atoms with Crippen LogP contribution in [0.5, 0.6) is 0 Å². The molecule has 5 nitrogen and oxygen atoms in total. The molecule has 0 bridgehead atoms. The molecule has 21 heavy (non-hydrogen) atoms. The number of hydrogen-bond acceptors (Lipinski definition) is 4. The van der Waals surface area contributed by atoms with Gasteiger partial charge in [0.25, 0.3) is 0 Å². The van der Waals surface area contributed by atoms with Crippen LogP contribution >= 0.6 is 11.6 Å². The van der Waals surface area contributed by atoms with Crippen LogP contribution in [0.1, 0.15) is 30.6 Å². The number of hydrogen-bond donors (Lipinski definition) is 1. The van der Waals surface area contributed by atoms with Gasteiger partial charge in [-0.15, -0.1) is 0 Å². The van der Waals surface area contributed by atoms with Crippen LogP contribution in [0, 0.1) is 0 Å². The van der Waals surface area contributed by atoms with Crippen molar-refractivity contribution in [3.63, 3.8) is 0 Å². The zero-order valence-electron chi connectivity index (χ0n) is 12.0. The predicted octanol–water partition coefficient (Wildman–Crippen LogP) is 2.40. The molecule has 1 heterocycles. The van der Waals surface area contributed by atoms with Gasteiger partial charge in [-0.05, 0) is 24.1 Å². The summed E-state index contributed by atoms with van der Waals surface area (Å²) in [5.41, 5.74) is 7.66. The smallest absolute Gasteiger partial charge is 0.175 e. The molecule has 1 aromatic carbocycles. The minimum Gasteiger partial charge on any atom is -0.319 e. The Labute approximate surface area is 129 Å². The van der Waals surface area contributed by atoms with Crippen molar-refractivity contribution >= 4 is 21.4 Å². The lowest BCUT2D eigenvalue weighted by Gasteiger charge is -2.16. The highest BCUT2D eigenvalue weighted by atomic mass is 35.5. The third-order valence-corrected chi connectivity index (χ3v) is 4.61. The van der Waals surface area contributed by atoms with Crippen molar-refractivity contribution < 1.29 is 8.42 Å². The Balaban J connectivity index is 2.45. The molecule has 0 aliphatic rings. The van der Waals surface area contributed by atoms with Gasteiger partial charge in [0.1, 0.15) is 0 Å². The highest BCUT2D eigenvalue weighted by Crippen LogP contribution is 2.27. The maximum absolute atomic E-state index is 11.6. The molecule has 2 rings (SSSR count). The number of benzene rings is 1. The molecule has 0 aliphatic carbocycles. The van der Waals surface area contributed by atoms with E-state index in [0.717, 1.165) is 6.42 Å². The van der Waals surface area contributed by atoms with Crippen LogP contribution in [0.4, 0.5) is 0 Å². The Morgan fingerprint density at radius 2 is 2.14 bits per heavy atom. The molecule has 7 heteroatoms. The van der Waals surface area contributed by atoms with Gasteiger partial charge in [-0.2, -0.15) is 5.10 Å². The number of rotatable bonds is 5. The Kier molecular flexibility index (Phi) is 4.70. The van der Waals surface area contributed by atoms with Gasteiger partial charge in [-0.1, -0.05) is 30.7 Å². The average Bonchev–Trinajstić information content (AvgIpc) is 2.79. The van der Waals surface area contributed by atoms with Crippen molar-refractivity contribution in [3.8, 4) is 0 Å². The van der Waals surface area contributed by atoms with Crippen LogP contribution in [-0.4, -0.2) is 24.5 Å². The minimum atomic E-state index is -3.27. The first kappa shape index (κ1) is 16.0. The van der Waals surface area contributed by atoms with Crippen LogP contribution in [0.3, 0.4) is 0 Å². The van der Waals surface area contributed by atoms with Crippen LogP contribution < -0.4 is 5.73 Å². The van der Waals surface area contributed by atoms with Gasteiger partial charge in [0.05, 0.1) is 27.9 Å². The highest BCUT2D eigenvalue weighted by Gasteiger charge is 2.19. The lowest BCUT2D eigenvalue weighted by Crippen LogP contribution is -2.18. The zero-order valence-corrected chi connectivity index (χ0v) is 13.5. The standard InChI is InChI=1S/C14H18ClN3O2S/c1-3-7-18-14(12(15)9-17-18)13(16)10-5-4-6-11(8-10)21(2,19)20/h4-6,8-9,13H,3,7,16H2,1-2H3. The second-order valence-corrected chi connectivity index (χ2v) is 7.35. The molecule has 0 saturated carbocycles. The Bertz CT molecular complexity index is 740. The summed E-state index contributed by atoms with van der Waals surface area (Å²) in [6, 6.07) is 6.09. The van der Waals surface area contributed by atoms with Gasteiger partial charge in [0.15, 0.2) is 9.84 Å². The molecule has 0 fully saturated rings. The molecular formula is C14H18ClN3O2S. The molecule has 2 aromatic rings. The van der Waals surface area contributed by atoms with Crippen LogP contribution in [0.15, 0.2) is 35.4 Å². The van der Waals surface area contributed by atoms with Gasteiger partial charge in [0.2, 0.25) is 0 Å². The summed E-state index contributed by atoms with van der Waals surface area (Å²) in [4.78, 5) is 0.244. The second-order valence-electron chi connectivity index (χ2n) is 4.92. The summed E-state index contributed by atoms with van der Waals surface area (Å²) < 4.78 is 25.1. The molecule has 114 valence electrons. The molecule has 0 aliphatic heterocycles. The van der Waals surface area contributed by atoms with E-state index in [1.165, 1.54) is 6.26 Å². The predicted molar refractivity (Wildman–Crippen MR) is 83.1 cm³/mol. The van der Waals surface area contributed by atoms with E-state index in [0.29, 0.717) is 22.8 Å². The van der Waals surface area contributed by atoms with Crippen molar-refractivity contribution in [2.75, 3.05) is 6.26 Å². The maximum Gasteiger partial charge on any atom is 0.175 e. The second kappa shape index (κ2) is 6.17. The van der Waals surface area contributed by atoms with Gasteiger partial charge in [-0.3, -0.25) is 4.68 Å². The first-order chi connectivity index (χ1) is 9.84. The van der Waals surface area contributed by atoms with E-state index in [2.05, 4.69) is 5.10 Å². The van der Waals surface area contributed by atoms with E-state index in [4.69, 9.17) is 17.3 Å². The van der Waals surface area contributed by atoms with Gasteiger partial charge in [0, 0.05) is 12.8 Å². The number of sulfone groups is 1. The molecule has 2 N–H and O–H groups in total. The average molecular weight is 328 g/mol. The fraction of sp³-hybridized carbons (Fsp3) is 0.357. The maximum atomic E-state index is 11.6. The molecule has 0 amide bonds. The third-order valence-electron chi connectivity index (χ3n) is 3.21. The van der Waals surface area contributed by atoms with Crippen molar-refractivity contribution in [1.82, 2.24) is 9.78 Å². The zero-order chi connectivity index (χ0) is 15.6. The van der Waals surface area contributed by atoms with Crippen molar-refractivity contribution in [1.29, 1.82) is 0 Å². The number of halogens is 1. The van der Waals surface area contributed by atoms with Gasteiger partial charge in [-0.25, -0.2) is 8.42 Å². The largest absolute Gasteiger partial charge is 0.319 e. The van der Waals surface area contributed by atoms with E-state index in [1.54, 1.807) is 35.1 Å². The van der Waals surface area contributed by atoms with Crippen LogP contribution in [-0.2, 0) is 16.4 Å². The summed E-state index contributed by atoms with van der Waals surface area (Å²) in [5.74, 6) is 0. The van der Waals surface area contributed by atoms with Crippen molar-refractivity contribution in [2.45, 2.75) is 30.8 Å². The van der Waals surface area contributed by atoms with Gasteiger partial charge >= 0.3 is 0 Å². The lowest BCUT2D eigenvalue weighted by atomic mass is 10.0. The molecule has 1 atom stereocenters. The summed E-state index contributed by atoms with van der Waals surface area (Å²) in [5, 5.41) is 4.70.